The number of rotatable bonds is 5. The third-order valence-electron chi connectivity index (χ3n) is 5.28. The summed E-state index contributed by atoms with van der Waals surface area (Å²) in [6.45, 7) is 6.04. The highest BCUT2D eigenvalue weighted by molar-refractivity contribution is 7.98. The maximum absolute atomic E-state index is 12.2. The smallest absolute Gasteiger partial charge is 0.225 e. The number of hydrogen-bond acceptors (Lipinski definition) is 6. The second-order valence-corrected chi connectivity index (χ2v) is 9.18. The Morgan fingerprint density at radius 2 is 2.15 bits per heavy atom. The zero-order chi connectivity index (χ0) is 18.7. The molecule has 0 unspecified atom stereocenters. The maximum atomic E-state index is 12.2. The molecule has 0 aromatic carbocycles. The molecule has 0 radical (unpaired) electrons. The van der Waals surface area contributed by atoms with Crippen LogP contribution in [-0.2, 0) is 11.2 Å². The van der Waals surface area contributed by atoms with Crippen molar-refractivity contribution in [2.75, 3.05) is 30.0 Å². The molecule has 1 aromatic rings. The van der Waals surface area contributed by atoms with E-state index >= 15 is 0 Å². The van der Waals surface area contributed by atoms with Crippen LogP contribution in [0.1, 0.15) is 56.8 Å². The fourth-order valence-corrected chi connectivity index (χ4v) is 4.23. The lowest BCUT2D eigenvalue weighted by molar-refractivity contribution is -0.121. The number of anilines is 1. The molecular formula is C19H30N4O2S. The molecule has 1 aliphatic carbocycles. The van der Waals surface area contributed by atoms with Crippen molar-refractivity contribution in [3.63, 3.8) is 0 Å². The normalized spacial score (nSPS) is 22.8. The number of aliphatic hydroxyl groups is 1. The van der Waals surface area contributed by atoms with Crippen molar-refractivity contribution in [2.24, 2.45) is 5.41 Å². The number of nitrogens with one attached hydrogen (secondary N) is 1. The summed E-state index contributed by atoms with van der Waals surface area (Å²) in [5.74, 6) is 1.69. The van der Waals surface area contributed by atoms with Gasteiger partial charge in [0.15, 0.2) is 0 Å². The summed E-state index contributed by atoms with van der Waals surface area (Å²) in [7, 11) is 0. The van der Waals surface area contributed by atoms with Gasteiger partial charge in [-0.15, -0.1) is 0 Å². The van der Waals surface area contributed by atoms with Gasteiger partial charge in [-0.05, 0) is 37.4 Å². The van der Waals surface area contributed by atoms with Crippen molar-refractivity contribution in [2.45, 2.75) is 58.1 Å². The molecule has 1 aliphatic heterocycles. The lowest BCUT2D eigenvalue weighted by Gasteiger charge is -2.37. The molecule has 2 N–H and O–H groups in total. The monoisotopic (exact) mass is 378 g/mol. The van der Waals surface area contributed by atoms with Crippen molar-refractivity contribution in [3.8, 4) is 0 Å². The predicted molar refractivity (Wildman–Crippen MR) is 105 cm³/mol. The number of aliphatic hydroxyl groups excluding tert-OH is 1. The van der Waals surface area contributed by atoms with E-state index in [0.29, 0.717) is 6.42 Å². The molecule has 1 fully saturated rings. The lowest BCUT2D eigenvalue weighted by atomic mass is 9.74. The van der Waals surface area contributed by atoms with E-state index in [9.17, 15) is 9.90 Å². The van der Waals surface area contributed by atoms with Crippen molar-refractivity contribution in [1.29, 1.82) is 0 Å². The van der Waals surface area contributed by atoms with Gasteiger partial charge in [-0.1, -0.05) is 13.8 Å². The van der Waals surface area contributed by atoms with Gasteiger partial charge in [-0.3, -0.25) is 4.79 Å². The summed E-state index contributed by atoms with van der Waals surface area (Å²) in [4.78, 5) is 23.8. The number of piperidine rings is 1. The first-order valence-corrected chi connectivity index (χ1v) is 10.8. The summed E-state index contributed by atoms with van der Waals surface area (Å²) in [6, 6.07) is -0.0136. The van der Waals surface area contributed by atoms with Crippen LogP contribution in [0.2, 0.25) is 0 Å². The summed E-state index contributed by atoms with van der Waals surface area (Å²) in [5.41, 5.74) is 2.20. The first kappa shape index (κ1) is 19.4. The lowest BCUT2D eigenvalue weighted by Crippen LogP contribution is -2.39. The number of carbonyl (C=O) groups excluding carboxylic acids is 1. The molecule has 144 valence electrons. The minimum absolute atomic E-state index is 0.0136. The molecule has 7 heteroatoms. The highest BCUT2D eigenvalue weighted by Crippen LogP contribution is 2.40. The number of nitrogens with zero attached hydrogens (tertiary/aromatic N) is 3. The van der Waals surface area contributed by atoms with E-state index in [1.807, 2.05) is 12.5 Å². The number of thioether (sulfide) groups is 1. The molecule has 1 saturated heterocycles. The highest BCUT2D eigenvalue weighted by atomic mass is 32.2. The van der Waals surface area contributed by atoms with Gasteiger partial charge < -0.3 is 15.3 Å². The molecule has 6 nitrogen and oxygen atoms in total. The van der Waals surface area contributed by atoms with E-state index in [-0.39, 0.29) is 23.5 Å². The first-order valence-electron chi connectivity index (χ1n) is 9.45. The van der Waals surface area contributed by atoms with Gasteiger partial charge in [0.2, 0.25) is 11.9 Å². The Balaban J connectivity index is 1.79. The highest BCUT2D eigenvalue weighted by Gasteiger charge is 2.35. The summed E-state index contributed by atoms with van der Waals surface area (Å²) >= 11 is 1.69. The zero-order valence-corrected chi connectivity index (χ0v) is 16.8. The maximum Gasteiger partial charge on any atom is 0.225 e. The molecule has 26 heavy (non-hydrogen) atoms. The van der Waals surface area contributed by atoms with Crippen LogP contribution in [0.3, 0.4) is 0 Å². The number of hydrogen-bond donors (Lipinski definition) is 2. The minimum atomic E-state index is -0.205. The Morgan fingerprint density at radius 3 is 2.85 bits per heavy atom. The molecule has 1 aromatic heterocycles. The van der Waals surface area contributed by atoms with Crippen LogP contribution >= 0.6 is 11.8 Å². The fourth-order valence-electron chi connectivity index (χ4n) is 3.84. The molecule has 0 spiro atoms. The fraction of sp³-hybridized carbons (Fsp3) is 0.737. The molecule has 1 atom stereocenters. The Kier molecular flexibility index (Phi) is 6.07. The van der Waals surface area contributed by atoms with Crippen molar-refractivity contribution in [1.82, 2.24) is 15.3 Å². The topological polar surface area (TPSA) is 78.4 Å². The number of aromatic nitrogens is 2. The second kappa shape index (κ2) is 8.13. The van der Waals surface area contributed by atoms with Gasteiger partial charge in [-0.25, -0.2) is 9.97 Å². The van der Waals surface area contributed by atoms with Gasteiger partial charge in [0.1, 0.15) is 0 Å². The number of fused-ring (bicyclic) bond motifs is 1. The van der Waals surface area contributed by atoms with Crippen molar-refractivity contribution < 1.29 is 9.90 Å². The second-order valence-electron chi connectivity index (χ2n) is 8.20. The largest absolute Gasteiger partial charge is 0.393 e. The van der Waals surface area contributed by atoms with Crippen LogP contribution in [0.5, 0.6) is 0 Å². The van der Waals surface area contributed by atoms with Crippen LogP contribution in [0.25, 0.3) is 0 Å². The van der Waals surface area contributed by atoms with E-state index in [1.165, 1.54) is 0 Å². The van der Waals surface area contributed by atoms with E-state index < -0.39 is 0 Å². The van der Waals surface area contributed by atoms with Crippen LogP contribution in [-0.4, -0.2) is 52.2 Å². The van der Waals surface area contributed by atoms with Gasteiger partial charge >= 0.3 is 0 Å². The molecule has 2 aliphatic rings. The van der Waals surface area contributed by atoms with Crippen molar-refractivity contribution in [3.05, 3.63) is 17.5 Å². The first-order chi connectivity index (χ1) is 12.4. The summed E-state index contributed by atoms with van der Waals surface area (Å²) < 4.78 is 0. The van der Waals surface area contributed by atoms with Crippen LogP contribution in [0, 0.1) is 5.41 Å². The quantitative estimate of drug-likeness (QED) is 0.819. The Morgan fingerprint density at radius 1 is 1.42 bits per heavy atom. The summed E-state index contributed by atoms with van der Waals surface area (Å²) in [5, 5.41) is 12.9. The molecule has 0 saturated carbocycles. The van der Waals surface area contributed by atoms with Crippen LogP contribution in [0.4, 0.5) is 5.95 Å². The standard InChI is InChI=1S/C19H30N4O2S/c1-19(2)10-15(21-17(25)6-9-26-3)14-12-20-18(22-16(14)11-19)23-7-4-13(24)5-8-23/h12-13,15,24H,4-11H2,1-3H3,(H,21,25)/t15-/m0/s1. The van der Waals surface area contributed by atoms with Crippen LogP contribution < -0.4 is 10.2 Å². The Hall–Kier alpha value is -1.34. The van der Waals surface area contributed by atoms with Gasteiger partial charge in [-0.2, -0.15) is 11.8 Å². The SMILES string of the molecule is CSCCC(=O)N[C@H]1CC(C)(C)Cc2nc(N3CCC(O)CC3)ncc21. The molecule has 1 amide bonds. The summed E-state index contributed by atoms with van der Waals surface area (Å²) in [6.07, 6.45) is 7.58. The van der Waals surface area contributed by atoms with Gasteiger partial charge in [0.25, 0.3) is 0 Å². The van der Waals surface area contributed by atoms with Crippen molar-refractivity contribution >= 4 is 23.6 Å². The van der Waals surface area contributed by atoms with E-state index in [0.717, 1.165) is 61.7 Å². The molecule has 0 bridgehead atoms. The molecule has 2 heterocycles. The number of amides is 1. The molecule has 3 rings (SSSR count). The van der Waals surface area contributed by atoms with E-state index in [1.54, 1.807) is 11.8 Å². The predicted octanol–water partition coefficient (Wildman–Crippen LogP) is 2.32. The zero-order valence-electron chi connectivity index (χ0n) is 16.0. The van der Waals surface area contributed by atoms with Gasteiger partial charge in [0.05, 0.1) is 17.8 Å². The number of carbonyl (C=O) groups is 1. The average Bonchev–Trinajstić information content (AvgIpc) is 2.59. The minimum Gasteiger partial charge on any atom is -0.393 e. The van der Waals surface area contributed by atoms with Crippen LogP contribution in [0.15, 0.2) is 6.20 Å². The third kappa shape index (κ3) is 4.68. The average molecular weight is 379 g/mol. The third-order valence-corrected chi connectivity index (χ3v) is 5.89. The Bertz CT molecular complexity index is 644. The van der Waals surface area contributed by atoms with E-state index in [2.05, 4.69) is 29.0 Å². The van der Waals surface area contributed by atoms with E-state index in [4.69, 9.17) is 4.98 Å². The van der Waals surface area contributed by atoms with Gasteiger partial charge in [0, 0.05) is 37.0 Å². The molecular weight excluding hydrogens is 348 g/mol. The Labute approximate surface area is 160 Å².